The summed E-state index contributed by atoms with van der Waals surface area (Å²) in [6.45, 7) is 3.97. The van der Waals surface area contributed by atoms with Crippen LogP contribution in [0.2, 0.25) is 0 Å². The summed E-state index contributed by atoms with van der Waals surface area (Å²) in [5, 5.41) is 13.2. The summed E-state index contributed by atoms with van der Waals surface area (Å²) >= 11 is 0. The third kappa shape index (κ3) is 4.71. The second-order valence-electron chi connectivity index (χ2n) is 5.90. The normalized spacial score (nSPS) is 13.4. The van der Waals surface area contributed by atoms with Crippen LogP contribution >= 0.6 is 0 Å². The number of rotatable bonds is 6. The Morgan fingerprint density at radius 2 is 1.73 bits per heavy atom. The number of hydrogen-bond donors (Lipinski definition) is 2. The van der Waals surface area contributed by atoms with Crippen molar-refractivity contribution in [3.05, 3.63) is 71.3 Å². The van der Waals surface area contributed by atoms with E-state index in [9.17, 15) is 9.90 Å². The van der Waals surface area contributed by atoms with Gasteiger partial charge in [-0.05, 0) is 31.4 Å². The maximum Gasteiger partial charge on any atom is 0.220 e. The minimum absolute atomic E-state index is 0.0446. The number of aryl methyl sites for hydroxylation is 2. The maximum atomic E-state index is 11.9. The van der Waals surface area contributed by atoms with E-state index in [0.29, 0.717) is 12.8 Å². The fourth-order valence-corrected chi connectivity index (χ4v) is 2.27. The molecule has 0 heterocycles. The molecule has 0 spiro atoms. The fraction of sp³-hybridized carbons (Fsp3) is 0.316. The van der Waals surface area contributed by atoms with E-state index in [2.05, 4.69) is 5.32 Å². The van der Waals surface area contributed by atoms with Crippen molar-refractivity contribution >= 4 is 5.91 Å². The van der Waals surface area contributed by atoms with Crippen LogP contribution in [0.25, 0.3) is 0 Å². The Labute approximate surface area is 132 Å². The van der Waals surface area contributed by atoms with E-state index in [4.69, 9.17) is 0 Å². The molecule has 1 atom stereocenters. The third-order valence-corrected chi connectivity index (χ3v) is 3.79. The van der Waals surface area contributed by atoms with Crippen LogP contribution in [-0.4, -0.2) is 17.6 Å². The molecule has 2 aromatic carbocycles. The average molecular weight is 297 g/mol. The summed E-state index contributed by atoms with van der Waals surface area (Å²) in [5.41, 5.74) is 2.11. The Bertz CT molecular complexity index is 603. The van der Waals surface area contributed by atoms with Gasteiger partial charge in [-0.2, -0.15) is 0 Å². The molecule has 2 rings (SSSR count). The molecule has 0 aromatic heterocycles. The Balaban J connectivity index is 1.81. The molecule has 2 N–H and O–H groups in total. The fourth-order valence-electron chi connectivity index (χ4n) is 2.27. The van der Waals surface area contributed by atoms with Gasteiger partial charge in [-0.3, -0.25) is 4.79 Å². The van der Waals surface area contributed by atoms with Gasteiger partial charge >= 0.3 is 0 Å². The first-order chi connectivity index (χ1) is 10.5. The molecular formula is C19H23NO2. The summed E-state index contributed by atoms with van der Waals surface area (Å²) in [6, 6.07) is 17.6. The smallest absolute Gasteiger partial charge is 0.220 e. The van der Waals surface area contributed by atoms with E-state index >= 15 is 0 Å². The summed E-state index contributed by atoms with van der Waals surface area (Å²) < 4.78 is 0. The van der Waals surface area contributed by atoms with Gasteiger partial charge in [-0.1, -0.05) is 60.2 Å². The standard InChI is InChI=1S/C19H23NO2/c1-15-8-10-16(11-9-15)12-13-18(21)20-14-19(2,22)17-6-4-3-5-7-17/h3-11,22H,12-14H2,1-2H3,(H,20,21). The monoisotopic (exact) mass is 297 g/mol. The van der Waals surface area contributed by atoms with Crippen molar-refractivity contribution in [2.45, 2.75) is 32.3 Å². The van der Waals surface area contributed by atoms with Crippen LogP contribution in [0.4, 0.5) is 0 Å². The summed E-state index contributed by atoms with van der Waals surface area (Å²) in [5.74, 6) is -0.0446. The second-order valence-corrected chi connectivity index (χ2v) is 5.90. The molecule has 2 aromatic rings. The molecule has 22 heavy (non-hydrogen) atoms. The number of nitrogens with one attached hydrogen (secondary N) is 1. The lowest BCUT2D eigenvalue weighted by Gasteiger charge is -2.24. The Hall–Kier alpha value is -2.13. The quantitative estimate of drug-likeness (QED) is 0.861. The van der Waals surface area contributed by atoms with E-state index in [1.165, 1.54) is 5.56 Å². The Morgan fingerprint density at radius 3 is 2.36 bits per heavy atom. The van der Waals surface area contributed by atoms with Gasteiger partial charge in [0.15, 0.2) is 0 Å². The number of amides is 1. The molecule has 0 fully saturated rings. The third-order valence-electron chi connectivity index (χ3n) is 3.79. The van der Waals surface area contributed by atoms with Gasteiger partial charge in [-0.25, -0.2) is 0 Å². The van der Waals surface area contributed by atoms with Gasteiger partial charge in [0.2, 0.25) is 5.91 Å². The summed E-state index contributed by atoms with van der Waals surface area (Å²) in [6.07, 6.45) is 1.13. The predicted molar refractivity (Wildman–Crippen MR) is 88.5 cm³/mol. The molecule has 0 bridgehead atoms. The maximum absolute atomic E-state index is 11.9. The van der Waals surface area contributed by atoms with E-state index in [-0.39, 0.29) is 12.5 Å². The van der Waals surface area contributed by atoms with Gasteiger partial charge < -0.3 is 10.4 Å². The zero-order valence-electron chi connectivity index (χ0n) is 13.2. The highest BCUT2D eigenvalue weighted by Gasteiger charge is 2.23. The predicted octanol–water partition coefficient (Wildman–Crippen LogP) is 2.95. The van der Waals surface area contributed by atoms with Gasteiger partial charge in [0.05, 0.1) is 6.54 Å². The number of carbonyl (C=O) groups excluding carboxylic acids is 1. The Kier molecular flexibility index (Phi) is 5.34. The van der Waals surface area contributed by atoms with E-state index < -0.39 is 5.60 Å². The number of carbonyl (C=O) groups is 1. The zero-order chi connectivity index (χ0) is 16.0. The zero-order valence-corrected chi connectivity index (χ0v) is 13.2. The van der Waals surface area contributed by atoms with Crippen molar-refractivity contribution in [3.63, 3.8) is 0 Å². The van der Waals surface area contributed by atoms with Crippen LogP contribution in [0.15, 0.2) is 54.6 Å². The minimum Gasteiger partial charge on any atom is -0.384 e. The van der Waals surface area contributed by atoms with Crippen molar-refractivity contribution in [2.24, 2.45) is 0 Å². The topological polar surface area (TPSA) is 49.3 Å². The van der Waals surface area contributed by atoms with Crippen molar-refractivity contribution in [1.29, 1.82) is 0 Å². The second kappa shape index (κ2) is 7.23. The molecule has 116 valence electrons. The SMILES string of the molecule is Cc1ccc(CCC(=O)NCC(C)(O)c2ccccc2)cc1. The molecule has 0 aliphatic rings. The van der Waals surface area contributed by atoms with Crippen LogP contribution in [0.3, 0.4) is 0 Å². The first-order valence-corrected chi connectivity index (χ1v) is 7.57. The molecule has 0 radical (unpaired) electrons. The number of hydrogen-bond acceptors (Lipinski definition) is 2. The molecule has 0 saturated carbocycles. The van der Waals surface area contributed by atoms with Gasteiger partial charge in [-0.15, -0.1) is 0 Å². The molecular weight excluding hydrogens is 274 g/mol. The molecule has 1 amide bonds. The molecule has 1 unspecified atom stereocenters. The lowest BCUT2D eigenvalue weighted by Crippen LogP contribution is -2.38. The Morgan fingerprint density at radius 1 is 1.09 bits per heavy atom. The van der Waals surface area contributed by atoms with Crippen LogP contribution in [0.5, 0.6) is 0 Å². The molecule has 3 nitrogen and oxygen atoms in total. The molecule has 3 heteroatoms. The molecule has 0 aliphatic heterocycles. The average Bonchev–Trinajstić information content (AvgIpc) is 2.53. The number of aliphatic hydroxyl groups is 1. The van der Waals surface area contributed by atoms with E-state index in [1.54, 1.807) is 6.92 Å². The highest BCUT2D eigenvalue weighted by atomic mass is 16.3. The summed E-state index contributed by atoms with van der Waals surface area (Å²) in [4.78, 5) is 11.9. The lowest BCUT2D eigenvalue weighted by atomic mass is 9.96. The molecule has 0 saturated heterocycles. The minimum atomic E-state index is -1.05. The van der Waals surface area contributed by atoms with Gasteiger partial charge in [0.25, 0.3) is 0 Å². The van der Waals surface area contributed by atoms with Crippen LogP contribution < -0.4 is 5.32 Å². The van der Waals surface area contributed by atoms with Gasteiger partial charge in [0.1, 0.15) is 5.60 Å². The van der Waals surface area contributed by atoms with Crippen molar-refractivity contribution < 1.29 is 9.90 Å². The highest BCUT2D eigenvalue weighted by molar-refractivity contribution is 5.76. The first-order valence-electron chi connectivity index (χ1n) is 7.57. The largest absolute Gasteiger partial charge is 0.384 e. The summed E-state index contributed by atoms with van der Waals surface area (Å²) in [7, 11) is 0. The number of benzene rings is 2. The van der Waals surface area contributed by atoms with E-state index in [0.717, 1.165) is 11.1 Å². The van der Waals surface area contributed by atoms with Crippen molar-refractivity contribution in [2.75, 3.05) is 6.54 Å². The van der Waals surface area contributed by atoms with Crippen LogP contribution in [0.1, 0.15) is 30.0 Å². The first kappa shape index (κ1) is 16.2. The van der Waals surface area contributed by atoms with Crippen LogP contribution in [0, 0.1) is 6.92 Å². The van der Waals surface area contributed by atoms with Crippen LogP contribution in [-0.2, 0) is 16.8 Å². The van der Waals surface area contributed by atoms with Crippen molar-refractivity contribution in [3.8, 4) is 0 Å². The molecule has 0 aliphatic carbocycles. The van der Waals surface area contributed by atoms with Gasteiger partial charge in [0, 0.05) is 6.42 Å². The highest BCUT2D eigenvalue weighted by Crippen LogP contribution is 2.18. The van der Waals surface area contributed by atoms with Crippen molar-refractivity contribution in [1.82, 2.24) is 5.32 Å². The van der Waals surface area contributed by atoms with E-state index in [1.807, 2.05) is 61.5 Å². The lowest BCUT2D eigenvalue weighted by molar-refractivity contribution is -0.122.